The molecule has 0 aliphatic carbocycles. The molecule has 154 valence electrons. The van der Waals surface area contributed by atoms with Crippen LogP contribution in [0.3, 0.4) is 0 Å². The molecule has 0 unspecified atom stereocenters. The molecule has 1 N–H and O–H groups in total. The highest BCUT2D eigenvalue weighted by molar-refractivity contribution is 7.99. The Kier molecular flexibility index (Phi) is 5.83. The zero-order chi connectivity index (χ0) is 20.4. The smallest absolute Gasteiger partial charge is 0.348 e. The highest BCUT2D eigenvalue weighted by Gasteiger charge is 2.35. The summed E-state index contributed by atoms with van der Waals surface area (Å²) in [5, 5.41) is 3.16. The van der Waals surface area contributed by atoms with Crippen molar-refractivity contribution in [1.29, 1.82) is 0 Å². The molecule has 3 aliphatic heterocycles. The second-order valence-corrected chi connectivity index (χ2v) is 8.77. The molecule has 0 radical (unpaired) electrons. The van der Waals surface area contributed by atoms with E-state index in [1.807, 2.05) is 12.1 Å². The van der Waals surface area contributed by atoms with Crippen LogP contribution in [0.1, 0.15) is 28.9 Å². The molecule has 1 amide bonds. The van der Waals surface area contributed by atoms with E-state index >= 15 is 0 Å². The van der Waals surface area contributed by atoms with Crippen LogP contribution in [0.5, 0.6) is 0 Å². The maximum absolute atomic E-state index is 12.6. The van der Waals surface area contributed by atoms with Gasteiger partial charge in [0.05, 0.1) is 12.1 Å². The quantitative estimate of drug-likeness (QED) is 0.788. The van der Waals surface area contributed by atoms with Gasteiger partial charge in [-0.1, -0.05) is 11.8 Å². The number of pyridine rings is 1. The Morgan fingerprint density at radius 3 is 2.48 bits per heavy atom. The number of amides is 1. The monoisotopic (exact) mass is 421 g/mol. The lowest BCUT2D eigenvalue weighted by atomic mass is 9.84. The van der Waals surface area contributed by atoms with Crippen LogP contribution in [0, 0.1) is 5.92 Å². The standard InChI is InChI=1S/C21H22F3N3OS/c22-21(23,24)12-16-11-18(5-8-25-16)29-17-3-1-15(2-4-17)20(28)26-19-13-27-9-6-14(19)7-10-27/h1-5,8,11,14,19H,6-7,9-10,12-13H2,(H,26,28)/t19-/m0/s1. The predicted molar refractivity (Wildman–Crippen MR) is 105 cm³/mol. The van der Waals surface area contributed by atoms with Crippen molar-refractivity contribution in [2.24, 2.45) is 5.92 Å². The number of alkyl halides is 3. The Morgan fingerprint density at radius 2 is 1.86 bits per heavy atom. The molecule has 2 bridgehead atoms. The number of carbonyl (C=O) groups is 1. The fraction of sp³-hybridized carbons (Fsp3) is 0.429. The third-order valence-corrected chi connectivity index (χ3v) is 6.49. The normalized spacial score (nSPS) is 23.8. The van der Waals surface area contributed by atoms with E-state index < -0.39 is 12.6 Å². The second-order valence-electron chi connectivity index (χ2n) is 7.62. The molecule has 29 heavy (non-hydrogen) atoms. The van der Waals surface area contributed by atoms with E-state index in [1.54, 1.807) is 18.2 Å². The van der Waals surface area contributed by atoms with Crippen LogP contribution in [0.4, 0.5) is 13.2 Å². The van der Waals surface area contributed by atoms with Crippen LogP contribution >= 0.6 is 11.8 Å². The van der Waals surface area contributed by atoms with Gasteiger partial charge in [-0.2, -0.15) is 13.2 Å². The molecule has 1 aromatic carbocycles. The maximum atomic E-state index is 12.6. The van der Waals surface area contributed by atoms with Crippen LogP contribution in [0.2, 0.25) is 0 Å². The van der Waals surface area contributed by atoms with Crippen molar-refractivity contribution in [2.45, 2.75) is 41.3 Å². The molecule has 4 heterocycles. The summed E-state index contributed by atoms with van der Waals surface area (Å²) >= 11 is 1.35. The van der Waals surface area contributed by atoms with E-state index in [4.69, 9.17) is 0 Å². The van der Waals surface area contributed by atoms with Gasteiger partial charge >= 0.3 is 6.18 Å². The third kappa shape index (κ3) is 5.30. The molecule has 1 aromatic heterocycles. The molecular weight excluding hydrogens is 399 g/mol. The largest absolute Gasteiger partial charge is 0.394 e. The average Bonchev–Trinajstić information content (AvgIpc) is 2.68. The van der Waals surface area contributed by atoms with Crippen molar-refractivity contribution in [1.82, 2.24) is 15.2 Å². The summed E-state index contributed by atoms with van der Waals surface area (Å²) in [7, 11) is 0. The first-order valence-corrected chi connectivity index (χ1v) is 10.5. The van der Waals surface area contributed by atoms with Gasteiger partial charge in [-0.15, -0.1) is 0 Å². The molecule has 2 aromatic rings. The predicted octanol–water partition coefficient (Wildman–Crippen LogP) is 4.16. The fourth-order valence-electron chi connectivity index (χ4n) is 4.01. The number of benzene rings is 1. The molecule has 0 spiro atoms. The van der Waals surface area contributed by atoms with E-state index in [2.05, 4.69) is 15.2 Å². The third-order valence-electron chi connectivity index (χ3n) is 5.49. The van der Waals surface area contributed by atoms with Crippen LogP contribution in [-0.2, 0) is 6.42 Å². The summed E-state index contributed by atoms with van der Waals surface area (Å²) in [5.74, 6) is 0.494. The van der Waals surface area contributed by atoms with Crippen molar-refractivity contribution >= 4 is 17.7 Å². The Balaban J connectivity index is 1.37. The first-order valence-electron chi connectivity index (χ1n) is 9.68. The van der Waals surface area contributed by atoms with Gasteiger partial charge in [0, 0.05) is 34.1 Å². The van der Waals surface area contributed by atoms with Crippen molar-refractivity contribution < 1.29 is 18.0 Å². The lowest BCUT2D eigenvalue weighted by Gasteiger charge is -2.44. The Bertz CT molecular complexity index is 864. The Labute approximate surface area is 171 Å². The minimum absolute atomic E-state index is 0.00369. The van der Waals surface area contributed by atoms with Gasteiger partial charge < -0.3 is 10.2 Å². The average molecular weight is 421 g/mol. The molecule has 1 atom stereocenters. The topological polar surface area (TPSA) is 45.2 Å². The number of nitrogens with zero attached hydrogens (tertiary/aromatic N) is 2. The maximum Gasteiger partial charge on any atom is 0.394 e. The summed E-state index contributed by atoms with van der Waals surface area (Å²) in [4.78, 5) is 20.3. The summed E-state index contributed by atoms with van der Waals surface area (Å²) in [6.45, 7) is 3.18. The van der Waals surface area contributed by atoms with Gasteiger partial charge in [0.1, 0.15) is 0 Å². The lowest BCUT2D eigenvalue weighted by Crippen LogP contribution is -2.57. The SMILES string of the molecule is O=C(N[C@H]1CN2CCC1CC2)c1ccc(Sc2ccnc(CC(F)(F)F)c2)cc1. The molecule has 8 heteroatoms. The minimum atomic E-state index is -4.28. The summed E-state index contributed by atoms with van der Waals surface area (Å²) < 4.78 is 37.7. The van der Waals surface area contributed by atoms with Crippen molar-refractivity contribution in [2.75, 3.05) is 19.6 Å². The van der Waals surface area contributed by atoms with E-state index in [9.17, 15) is 18.0 Å². The van der Waals surface area contributed by atoms with Gasteiger partial charge in [0.2, 0.25) is 0 Å². The number of halogens is 3. The van der Waals surface area contributed by atoms with Gasteiger partial charge in [-0.05, 0) is 68.2 Å². The van der Waals surface area contributed by atoms with E-state index in [1.165, 1.54) is 24.0 Å². The first kappa shape index (κ1) is 20.2. The summed E-state index contributed by atoms with van der Waals surface area (Å²) in [6, 6.07) is 10.5. The van der Waals surface area contributed by atoms with Gasteiger partial charge in [-0.25, -0.2) is 0 Å². The van der Waals surface area contributed by atoms with Gasteiger partial charge in [-0.3, -0.25) is 9.78 Å². The van der Waals surface area contributed by atoms with E-state index in [0.717, 1.165) is 37.4 Å². The molecule has 3 saturated heterocycles. The van der Waals surface area contributed by atoms with Crippen LogP contribution < -0.4 is 5.32 Å². The van der Waals surface area contributed by atoms with Crippen LogP contribution in [0.25, 0.3) is 0 Å². The van der Waals surface area contributed by atoms with E-state index in [0.29, 0.717) is 16.4 Å². The molecular formula is C21H22F3N3OS. The molecule has 5 rings (SSSR count). The van der Waals surface area contributed by atoms with Crippen molar-refractivity contribution in [3.8, 4) is 0 Å². The number of piperidine rings is 3. The summed E-state index contributed by atoms with van der Waals surface area (Å²) in [5.41, 5.74) is 0.592. The first-order chi connectivity index (χ1) is 13.9. The number of carbonyl (C=O) groups excluding carboxylic acids is 1. The number of hydrogen-bond acceptors (Lipinski definition) is 4. The zero-order valence-electron chi connectivity index (χ0n) is 15.8. The van der Waals surface area contributed by atoms with Gasteiger partial charge in [0.25, 0.3) is 5.91 Å². The van der Waals surface area contributed by atoms with Crippen LogP contribution in [0.15, 0.2) is 52.4 Å². The zero-order valence-corrected chi connectivity index (χ0v) is 16.6. The van der Waals surface area contributed by atoms with Crippen molar-refractivity contribution in [3.63, 3.8) is 0 Å². The Morgan fingerprint density at radius 1 is 1.14 bits per heavy atom. The number of rotatable bonds is 5. The molecule has 4 nitrogen and oxygen atoms in total. The highest BCUT2D eigenvalue weighted by atomic mass is 32.2. The molecule has 0 saturated carbocycles. The lowest BCUT2D eigenvalue weighted by molar-refractivity contribution is -0.127. The summed E-state index contributed by atoms with van der Waals surface area (Å²) in [6.07, 6.45) is -1.65. The molecule has 3 aliphatic rings. The second kappa shape index (κ2) is 8.36. The number of aromatic nitrogens is 1. The number of hydrogen-bond donors (Lipinski definition) is 1. The van der Waals surface area contributed by atoms with E-state index in [-0.39, 0.29) is 17.6 Å². The van der Waals surface area contributed by atoms with Crippen LogP contribution in [-0.4, -0.2) is 47.6 Å². The van der Waals surface area contributed by atoms with Crippen molar-refractivity contribution in [3.05, 3.63) is 53.9 Å². The Hall–Kier alpha value is -2.06. The fourth-order valence-corrected chi connectivity index (χ4v) is 4.88. The van der Waals surface area contributed by atoms with Gasteiger partial charge in [0.15, 0.2) is 0 Å². The number of fused-ring (bicyclic) bond motifs is 3. The number of nitrogens with one attached hydrogen (secondary N) is 1. The highest BCUT2D eigenvalue weighted by Crippen LogP contribution is 2.30. The molecule has 3 fully saturated rings. The minimum Gasteiger partial charge on any atom is -0.348 e.